The number of hydrogen-bond donors (Lipinski definition) is 1. The highest BCUT2D eigenvalue weighted by atomic mass is 16.2. The number of nitrogens with zero attached hydrogens (tertiary/aromatic N) is 3. The fraction of sp³-hybridized carbons (Fsp3) is 0.400. The van der Waals surface area contributed by atoms with E-state index in [2.05, 4.69) is 34.0 Å². The van der Waals surface area contributed by atoms with E-state index in [1.54, 1.807) is 30.3 Å². The van der Waals surface area contributed by atoms with Crippen molar-refractivity contribution in [2.24, 2.45) is 0 Å². The molecule has 0 aliphatic carbocycles. The van der Waals surface area contributed by atoms with Gasteiger partial charge in [-0.05, 0) is 56.0 Å². The van der Waals surface area contributed by atoms with Crippen LogP contribution >= 0.6 is 0 Å². The van der Waals surface area contributed by atoms with Crippen LogP contribution in [0.15, 0.2) is 30.3 Å². The molecule has 1 saturated heterocycles. The summed E-state index contributed by atoms with van der Waals surface area (Å²) >= 11 is 0. The van der Waals surface area contributed by atoms with Crippen LogP contribution in [-0.2, 0) is 0 Å². The number of nitrogens with one attached hydrogen (secondary N) is 1. The maximum Gasteiger partial charge on any atom is 0.274 e. The molecule has 0 spiro atoms. The number of Topliss-reactive ketones (excluding diaryl/α,β-unsaturated/α-hetero) is 1. The smallest absolute Gasteiger partial charge is 0.274 e. The summed E-state index contributed by atoms with van der Waals surface area (Å²) in [6.45, 7) is 7.47. The average Bonchev–Trinajstić information content (AvgIpc) is 3.16. The first-order valence-electron chi connectivity index (χ1n) is 9.00. The largest absolute Gasteiger partial charge is 0.341 e. The summed E-state index contributed by atoms with van der Waals surface area (Å²) in [5.41, 5.74) is 2.47. The predicted molar refractivity (Wildman–Crippen MR) is 102 cm³/mol. The van der Waals surface area contributed by atoms with Crippen LogP contribution in [0.1, 0.15) is 66.1 Å². The first-order valence-corrected chi connectivity index (χ1v) is 9.00. The SMILES string of the molecule is CC(=O)c1ccc(NC(=O)c2cc(C(C)C)nc(N3CCCC3)n2)cc1. The Morgan fingerprint density at radius 2 is 1.73 bits per heavy atom. The third-order valence-corrected chi connectivity index (χ3v) is 4.50. The van der Waals surface area contributed by atoms with E-state index in [-0.39, 0.29) is 17.6 Å². The topological polar surface area (TPSA) is 75.2 Å². The zero-order valence-corrected chi connectivity index (χ0v) is 15.5. The van der Waals surface area contributed by atoms with Gasteiger partial charge < -0.3 is 10.2 Å². The van der Waals surface area contributed by atoms with Crippen molar-refractivity contribution in [2.75, 3.05) is 23.3 Å². The van der Waals surface area contributed by atoms with Crippen molar-refractivity contribution in [1.29, 1.82) is 0 Å². The maximum absolute atomic E-state index is 12.7. The highest BCUT2D eigenvalue weighted by molar-refractivity contribution is 6.03. The van der Waals surface area contributed by atoms with E-state index in [9.17, 15) is 9.59 Å². The highest BCUT2D eigenvalue weighted by Crippen LogP contribution is 2.21. The van der Waals surface area contributed by atoms with Gasteiger partial charge in [0.05, 0.1) is 0 Å². The van der Waals surface area contributed by atoms with E-state index in [0.29, 0.717) is 22.9 Å². The van der Waals surface area contributed by atoms with Crippen LogP contribution in [0.3, 0.4) is 0 Å². The van der Waals surface area contributed by atoms with E-state index in [4.69, 9.17) is 0 Å². The van der Waals surface area contributed by atoms with Crippen LogP contribution in [0, 0.1) is 0 Å². The van der Waals surface area contributed by atoms with Crippen LogP contribution in [0.4, 0.5) is 11.6 Å². The number of hydrogen-bond acceptors (Lipinski definition) is 5. The first kappa shape index (κ1) is 18.0. The number of carbonyl (C=O) groups excluding carboxylic acids is 2. The van der Waals surface area contributed by atoms with Gasteiger partial charge in [0.1, 0.15) is 5.69 Å². The van der Waals surface area contributed by atoms with E-state index in [1.807, 2.05) is 0 Å². The van der Waals surface area contributed by atoms with Gasteiger partial charge in [-0.3, -0.25) is 9.59 Å². The molecule has 2 aromatic rings. The lowest BCUT2D eigenvalue weighted by atomic mass is 10.1. The zero-order valence-electron chi connectivity index (χ0n) is 15.5. The van der Waals surface area contributed by atoms with Crippen LogP contribution < -0.4 is 10.2 Å². The van der Waals surface area contributed by atoms with Crippen molar-refractivity contribution in [3.05, 3.63) is 47.3 Å². The summed E-state index contributed by atoms with van der Waals surface area (Å²) in [7, 11) is 0. The Labute approximate surface area is 153 Å². The lowest BCUT2D eigenvalue weighted by Gasteiger charge is -2.18. The minimum absolute atomic E-state index is 0.00416. The molecule has 6 heteroatoms. The van der Waals surface area contributed by atoms with Gasteiger partial charge in [-0.15, -0.1) is 0 Å². The van der Waals surface area contributed by atoms with Gasteiger partial charge in [-0.25, -0.2) is 9.97 Å². The van der Waals surface area contributed by atoms with Gasteiger partial charge in [0.2, 0.25) is 5.95 Å². The number of rotatable bonds is 5. The summed E-state index contributed by atoms with van der Waals surface area (Å²) in [6, 6.07) is 8.60. The zero-order chi connectivity index (χ0) is 18.7. The Balaban J connectivity index is 1.84. The average molecular weight is 352 g/mol. The third-order valence-electron chi connectivity index (χ3n) is 4.50. The molecule has 1 aromatic carbocycles. The molecule has 136 valence electrons. The van der Waals surface area contributed by atoms with Crippen LogP contribution in [-0.4, -0.2) is 34.7 Å². The van der Waals surface area contributed by atoms with Crippen molar-refractivity contribution in [2.45, 2.75) is 39.5 Å². The Kier molecular flexibility index (Phi) is 5.30. The summed E-state index contributed by atoms with van der Waals surface area (Å²) in [4.78, 5) is 35.3. The predicted octanol–water partition coefficient (Wildman–Crippen LogP) is 3.66. The summed E-state index contributed by atoms with van der Waals surface area (Å²) in [5.74, 6) is 0.562. The van der Waals surface area contributed by atoms with E-state index >= 15 is 0 Å². The van der Waals surface area contributed by atoms with Crippen molar-refractivity contribution in [3.8, 4) is 0 Å². The summed E-state index contributed by atoms with van der Waals surface area (Å²) in [6.07, 6.45) is 2.25. The fourth-order valence-corrected chi connectivity index (χ4v) is 2.91. The van der Waals surface area contributed by atoms with Crippen LogP contribution in [0.2, 0.25) is 0 Å². The van der Waals surface area contributed by atoms with Crippen LogP contribution in [0.25, 0.3) is 0 Å². The molecule has 0 atom stereocenters. The molecule has 0 saturated carbocycles. The molecule has 1 aliphatic rings. The normalized spacial score (nSPS) is 13.9. The molecule has 0 unspecified atom stereocenters. The van der Waals surface area contributed by atoms with Crippen molar-refractivity contribution in [1.82, 2.24) is 9.97 Å². The molecular weight excluding hydrogens is 328 g/mol. The quantitative estimate of drug-likeness (QED) is 0.831. The molecule has 1 aliphatic heterocycles. The lowest BCUT2D eigenvalue weighted by molar-refractivity contribution is 0.101. The molecule has 1 aromatic heterocycles. The second-order valence-electron chi connectivity index (χ2n) is 6.91. The van der Waals surface area contributed by atoms with E-state index in [0.717, 1.165) is 31.6 Å². The second-order valence-corrected chi connectivity index (χ2v) is 6.91. The van der Waals surface area contributed by atoms with Gasteiger partial charge >= 0.3 is 0 Å². The number of aromatic nitrogens is 2. The molecule has 3 rings (SSSR count). The molecule has 1 amide bonds. The Hall–Kier alpha value is -2.76. The van der Waals surface area contributed by atoms with Crippen molar-refractivity contribution < 1.29 is 9.59 Å². The molecule has 1 fully saturated rings. The fourth-order valence-electron chi connectivity index (χ4n) is 2.91. The highest BCUT2D eigenvalue weighted by Gasteiger charge is 2.20. The number of amides is 1. The summed E-state index contributed by atoms with van der Waals surface area (Å²) < 4.78 is 0. The van der Waals surface area contributed by atoms with Gasteiger partial charge in [0.25, 0.3) is 5.91 Å². The minimum atomic E-state index is -0.273. The minimum Gasteiger partial charge on any atom is -0.341 e. The molecule has 1 N–H and O–H groups in total. The number of ketones is 1. The van der Waals surface area contributed by atoms with E-state index < -0.39 is 0 Å². The maximum atomic E-state index is 12.7. The molecule has 0 bridgehead atoms. The molecule has 2 heterocycles. The third kappa shape index (κ3) is 4.07. The lowest BCUT2D eigenvalue weighted by Crippen LogP contribution is -2.23. The molecule has 0 radical (unpaired) electrons. The Morgan fingerprint density at radius 3 is 2.31 bits per heavy atom. The molecule has 26 heavy (non-hydrogen) atoms. The second kappa shape index (κ2) is 7.64. The molecule has 6 nitrogen and oxygen atoms in total. The summed E-state index contributed by atoms with van der Waals surface area (Å²) in [5, 5.41) is 2.85. The Bertz CT molecular complexity index is 809. The van der Waals surface area contributed by atoms with Crippen LogP contribution in [0.5, 0.6) is 0 Å². The number of carbonyl (C=O) groups is 2. The Morgan fingerprint density at radius 1 is 1.08 bits per heavy atom. The van der Waals surface area contributed by atoms with Gasteiger partial charge in [0, 0.05) is 30.0 Å². The number of benzene rings is 1. The van der Waals surface area contributed by atoms with Gasteiger partial charge in [0.15, 0.2) is 5.78 Å². The van der Waals surface area contributed by atoms with E-state index in [1.165, 1.54) is 6.92 Å². The van der Waals surface area contributed by atoms with Gasteiger partial charge in [-0.2, -0.15) is 0 Å². The monoisotopic (exact) mass is 352 g/mol. The number of anilines is 2. The molecular formula is C20H24N4O2. The standard InChI is InChI=1S/C20H24N4O2/c1-13(2)17-12-18(23-20(22-17)24-10-4-5-11-24)19(26)21-16-8-6-15(7-9-16)14(3)25/h6-9,12-13H,4-5,10-11H2,1-3H3,(H,21,26). The van der Waals surface area contributed by atoms with Crippen molar-refractivity contribution in [3.63, 3.8) is 0 Å². The van der Waals surface area contributed by atoms with Gasteiger partial charge in [-0.1, -0.05) is 13.8 Å². The first-order chi connectivity index (χ1) is 12.4. The van der Waals surface area contributed by atoms with Crippen molar-refractivity contribution >= 4 is 23.3 Å².